The number of anilines is 2. The van der Waals surface area contributed by atoms with Crippen LogP contribution in [-0.2, 0) is 19.3 Å². The van der Waals surface area contributed by atoms with E-state index in [1.165, 1.54) is 11.1 Å². The fourth-order valence-corrected chi connectivity index (χ4v) is 2.98. The van der Waals surface area contributed by atoms with Crippen LogP contribution in [-0.4, -0.2) is 23.6 Å². The first-order valence-electron chi connectivity index (χ1n) is 9.68. The molecule has 3 N–H and O–H groups in total. The van der Waals surface area contributed by atoms with Gasteiger partial charge in [-0.2, -0.15) is 4.98 Å². The smallest absolute Gasteiger partial charge is 0.221 e. The first-order chi connectivity index (χ1) is 12.7. The average molecular weight is 357 g/mol. The topological polar surface area (TPSA) is 73.1 Å². The maximum atomic E-state index is 5.74. The van der Waals surface area contributed by atoms with Gasteiger partial charge < -0.3 is 15.8 Å². The highest BCUT2D eigenvalue weighted by Gasteiger charge is 2.06. The summed E-state index contributed by atoms with van der Waals surface area (Å²) in [4.78, 5) is 8.53. The van der Waals surface area contributed by atoms with Crippen molar-refractivity contribution in [3.05, 3.63) is 41.1 Å². The Morgan fingerprint density at radius 1 is 1.04 bits per heavy atom. The molecule has 0 fully saturated rings. The lowest BCUT2D eigenvalue weighted by molar-refractivity contribution is 0.413. The van der Waals surface area contributed by atoms with Crippen molar-refractivity contribution >= 4 is 11.8 Å². The Labute approximate surface area is 157 Å². The van der Waals surface area contributed by atoms with E-state index in [1.807, 2.05) is 6.20 Å². The van der Waals surface area contributed by atoms with Crippen LogP contribution in [0.1, 0.15) is 56.2 Å². The number of unbranched alkanes of at least 4 members (excludes halogenated alkanes) is 2. The van der Waals surface area contributed by atoms with Gasteiger partial charge in [0.05, 0.1) is 7.11 Å². The summed E-state index contributed by atoms with van der Waals surface area (Å²) in [5.41, 5.74) is 9.56. The van der Waals surface area contributed by atoms with Crippen molar-refractivity contribution in [3.8, 4) is 5.75 Å². The zero-order valence-corrected chi connectivity index (χ0v) is 16.3. The largest absolute Gasteiger partial charge is 0.497 e. The molecule has 1 aromatic heterocycles. The number of nitrogens with zero attached hydrogens (tertiary/aromatic N) is 2. The van der Waals surface area contributed by atoms with Crippen molar-refractivity contribution in [3.63, 3.8) is 0 Å². The van der Waals surface area contributed by atoms with Gasteiger partial charge in [-0.25, -0.2) is 4.98 Å². The van der Waals surface area contributed by atoms with Crippen LogP contribution in [0.15, 0.2) is 24.4 Å². The van der Waals surface area contributed by atoms with E-state index < -0.39 is 0 Å². The highest BCUT2D eigenvalue weighted by atomic mass is 16.5. The quantitative estimate of drug-likeness (QED) is 0.584. The van der Waals surface area contributed by atoms with Crippen molar-refractivity contribution in [2.24, 2.45) is 0 Å². The van der Waals surface area contributed by atoms with Crippen LogP contribution in [0.3, 0.4) is 0 Å². The summed E-state index contributed by atoms with van der Waals surface area (Å²) in [7, 11) is 1.73. The second kappa shape index (κ2) is 10.6. The van der Waals surface area contributed by atoms with Crippen molar-refractivity contribution in [1.82, 2.24) is 9.97 Å². The van der Waals surface area contributed by atoms with Gasteiger partial charge >= 0.3 is 0 Å². The Morgan fingerprint density at radius 2 is 1.81 bits per heavy atom. The van der Waals surface area contributed by atoms with Crippen LogP contribution in [0.5, 0.6) is 5.75 Å². The number of methoxy groups -OCH3 is 1. The fourth-order valence-electron chi connectivity index (χ4n) is 2.98. The van der Waals surface area contributed by atoms with Crippen LogP contribution in [0, 0.1) is 0 Å². The number of rotatable bonds is 11. The van der Waals surface area contributed by atoms with Crippen LogP contribution in [0.4, 0.5) is 11.8 Å². The third-order valence-corrected chi connectivity index (χ3v) is 4.54. The van der Waals surface area contributed by atoms with Crippen molar-refractivity contribution < 1.29 is 4.74 Å². The molecule has 5 heteroatoms. The minimum Gasteiger partial charge on any atom is -0.497 e. The van der Waals surface area contributed by atoms with Gasteiger partial charge in [0.2, 0.25) is 5.95 Å². The van der Waals surface area contributed by atoms with Gasteiger partial charge in [-0.3, -0.25) is 0 Å². The molecule has 0 spiro atoms. The van der Waals surface area contributed by atoms with Gasteiger partial charge in [-0.1, -0.05) is 26.3 Å². The maximum absolute atomic E-state index is 5.74. The predicted octanol–water partition coefficient (Wildman–Crippen LogP) is 4.41. The Morgan fingerprint density at radius 3 is 2.54 bits per heavy atom. The summed E-state index contributed by atoms with van der Waals surface area (Å²) < 4.78 is 5.41. The van der Waals surface area contributed by atoms with E-state index in [0.717, 1.165) is 68.6 Å². The van der Waals surface area contributed by atoms with Gasteiger partial charge in [0.25, 0.3) is 0 Å². The molecular formula is C21H32N4O. The number of aromatic nitrogens is 2. The summed E-state index contributed by atoms with van der Waals surface area (Å²) in [5, 5.41) is 3.40. The molecule has 0 saturated heterocycles. The first kappa shape index (κ1) is 20.0. The molecule has 0 bridgehead atoms. The van der Waals surface area contributed by atoms with Crippen molar-refractivity contribution in [1.29, 1.82) is 0 Å². The number of aryl methyl sites for hydroxylation is 3. The van der Waals surface area contributed by atoms with Crippen molar-refractivity contribution in [2.45, 2.75) is 58.8 Å². The van der Waals surface area contributed by atoms with E-state index in [1.54, 1.807) is 7.11 Å². The number of nitrogen functional groups attached to an aromatic ring is 1. The van der Waals surface area contributed by atoms with Crippen LogP contribution < -0.4 is 15.8 Å². The Balaban J connectivity index is 1.89. The molecule has 2 aromatic rings. The maximum Gasteiger partial charge on any atom is 0.221 e. The molecule has 26 heavy (non-hydrogen) atoms. The highest BCUT2D eigenvalue weighted by molar-refractivity contribution is 5.46. The number of nitrogens with two attached hydrogens (primary N) is 1. The number of ether oxygens (including phenoxy) is 1. The van der Waals surface area contributed by atoms with Crippen LogP contribution in [0.25, 0.3) is 0 Å². The van der Waals surface area contributed by atoms with Crippen LogP contribution >= 0.6 is 0 Å². The van der Waals surface area contributed by atoms with E-state index in [2.05, 4.69) is 47.3 Å². The van der Waals surface area contributed by atoms with Crippen molar-refractivity contribution in [2.75, 3.05) is 24.7 Å². The second-order valence-corrected chi connectivity index (χ2v) is 6.63. The Kier molecular flexibility index (Phi) is 8.19. The molecule has 0 saturated carbocycles. The third-order valence-electron chi connectivity index (χ3n) is 4.54. The second-order valence-electron chi connectivity index (χ2n) is 6.63. The SMILES string of the molecule is CCCCNc1nc(N)ncc1CCCCc1cc(CC)cc(OC)c1. The average Bonchev–Trinajstić information content (AvgIpc) is 2.66. The number of hydrogen-bond acceptors (Lipinski definition) is 5. The zero-order valence-electron chi connectivity index (χ0n) is 16.3. The van der Waals surface area contributed by atoms with E-state index in [0.29, 0.717) is 5.95 Å². The number of nitrogens with one attached hydrogen (secondary N) is 1. The van der Waals surface area contributed by atoms with Gasteiger partial charge in [0.15, 0.2) is 0 Å². The minimum absolute atomic E-state index is 0.330. The monoisotopic (exact) mass is 356 g/mol. The standard InChI is InChI=1S/C21H32N4O/c1-4-6-11-23-20-18(15-24-21(22)25-20)10-8-7-9-17-12-16(5-2)13-19(14-17)26-3/h12-15H,4-11H2,1-3H3,(H3,22,23,24,25). The molecule has 1 heterocycles. The molecule has 0 aliphatic heterocycles. The highest BCUT2D eigenvalue weighted by Crippen LogP contribution is 2.20. The van der Waals surface area contributed by atoms with E-state index in [4.69, 9.17) is 10.5 Å². The predicted molar refractivity (Wildman–Crippen MR) is 109 cm³/mol. The molecular weight excluding hydrogens is 324 g/mol. The molecule has 5 nitrogen and oxygen atoms in total. The fraction of sp³-hybridized carbons (Fsp3) is 0.524. The summed E-state index contributed by atoms with van der Waals surface area (Å²) in [6.45, 7) is 5.27. The molecule has 0 aliphatic carbocycles. The number of hydrogen-bond donors (Lipinski definition) is 2. The Bertz CT molecular complexity index is 665. The zero-order chi connectivity index (χ0) is 18.8. The lowest BCUT2D eigenvalue weighted by Gasteiger charge is -2.11. The molecule has 2 rings (SSSR count). The molecule has 0 radical (unpaired) electrons. The molecule has 142 valence electrons. The van der Waals surface area contributed by atoms with E-state index in [-0.39, 0.29) is 0 Å². The number of benzene rings is 1. The summed E-state index contributed by atoms with van der Waals surface area (Å²) >= 11 is 0. The Hall–Kier alpha value is -2.30. The van der Waals surface area contributed by atoms with Gasteiger partial charge in [-0.15, -0.1) is 0 Å². The molecule has 0 amide bonds. The first-order valence-corrected chi connectivity index (χ1v) is 9.68. The molecule has 0 unspecified atom stereocenters. The minimum atomic E-state index is 0.330. The third kappa shape index (κ3) is 6.21. The van der Waals surface area contributed by atoms with E-state index in [9.17, 15) is 0 Å². The van der Waals surface area contributed by atoms with Gasteiger partial charge in [-0.05, 0) is 61.8 Å². The van der Waals surface area contributed by atoms with E-state index >= 15 is 0 Å². The van der Waals surface area contributed by atoms with Crippen LogP contribution in [0.2, 0.25) is 0 Å². The summed E-state index contributed by atoms with van der Waals surface area (Å²) in [5.74, 6) is 2.17. The van der Waals surface area contributed by atoms with Gasteiger partial charge in [0, 0.05) is 18.3 Å². The normalized spacial score (nSPS) is 10.7. The lowest BCUT2D eigenvalue weighted by atomic mass is 10.0. The summed E-state index contributed by atoms with van der Waals surface area (Å²) in [6, 6.07) is 6.54. The lowest BCUT2D eigenvalue weighted by Crippen LogP contribution is -2.09. The molecule has 0 atom stereocenters. The summed E-state index contributed by atoms with van der Waals surface area (Å²) in [6.07, 6.45) is 9.39. The van der Waals surface area contributed by atoms with Gasteiger partial charge in [0.1, 0.15) is 11.6 Å². The molecule has 0 aliphatic rings. The molecule has 1 aromatic carbocycles.